The van der Waals surface area contributed by atoms with Gasteiger partial charge in [-0.05, 0) is 47.7 Å². The third-order valence-electron chi connectivity index (χ3n) is 3.55. The zero-order valence-corrected chi connectivity index (χ0v) is 12.5. The van der Waals surface area contributed by atoms with E-state index in [1.807, 2.05) is 0 Å². The molecule has 2 rings (SSSR count). The fraction of sp³-hybridized carbons (Fsp3) is 0.571. The fourth-order valence-electron chi connectivity index (χ4n) is 2.11. The summed E-state index contributed by atoms with van der Waals surface area (Å²) in [4.78, 5) is 23.1. The number of halogens is 1. The van der Waals surface area contributed by atoms with Crippen LogP contribution in [-0.4, -0.2) is 17.0 Å². The van der Waals surface area contributed by atoms with Gasteiger partial charge >= 0.3 is 0 Å². The van der Waals surface area contributed by atoms with Crippen molar-refractivity contribution in [2.45, 2.75) is 38.6 Å². The number of aryl methyl sites for hydroxylation is 1. The zero-order chi connectivity index (χ0) is 13.7. The first kappa shape index (κ1) is 14.3. The maximum absolute atomic E-state index is 11.6. The van der Waals surface area contributed by atoms with Gasteiger partial charge in [0.15, 0.2) is 0 Å². The van der Waals surface area contributed by atoms with Gasteiger partial charge in [-0.25, -0.2) is 0 Å². The molecule has 1 N–H and O–H groups in total. The van der Waals surface area contributed by atoms with Crippen molar-refractivity contribution in [3.63, 3.8) is 0 Å². The second kappa shape index (κ2) is 6.89. The van der Waals surface area contributed by atoms with Crippen molar-refractivity contribution in [1.82, 2.24) is 9.88 Å². The number of amides is 1. The lowest BCUT2D eigenvalue weighted by molar-refractivity contribution is -0.127. The number of pyridine rings is 1. The van der Waals surface area contributed by atoms with Crippen LogP contribution >= 0.6 is 15.9 Å². The van der Waals surface area contributed by atoms with Gasteiger partial charge in [0.2, 0.25) is 5.91 Å². The summed E-state index contributed by atoms with van der Waals surface area (Å²) in [5.74, 6) is 0.457. The van der Waals surface area contributed by atoms with E-state index >= 15 is 0 Å². The van der Waals surface area contributed by atoms with E-state index < -0.39 is 0 Å². The normalized spacial score (nSPS) is 15.0. The number of unbranched alkanes of at least 4 members (excludes halogenated alkanes) is 1. The Kier molecular flexibility index (Phi) is 5.19. The van der Waals surface area contributed by atoms with Gasteiger partial charge in [-0.3, -0.25) is 9.59 Å². The first-order chi connectivity index (χ1) is 9.16. The molecule has 1 aliphatic carbocycles. The molecule has 19 heavy (non-hydrogen) atoms. The molecule has 1 aromatic rings. The maximum atomic E-state index is 11.6. The highest BCUT2D eigenvalue weighted by Gasteiger charge is 2.24. The molecule has 0 atom stereocenters. The van der Waals surface area contributed by atoms with Crippen LogP contribution in [0.1, 0.15) is 32.1 Å². The Hall–Kier alpha value is -1.10. The van der Waals surface area contributed by atoms with Gasteiger partial charge in [0.05, 0.1) is 0 Å². The summed E-state index contributed by atoms with van der Waals surface area (Å²) in [7, 11) is 0. The average molecular weight is 327 g/mol. The number of aromatic nitrogens is 1. The monoisotopic (exact) mass is 326 g/mol. The van der Waals surface area contributed by atoms with Gasteiger partial charge < -0.3 is 9.88 Å². The zero-order valence-electron chi connectivity index (χ0n) is 10.9. The van der Waals surface area contributed by atoms with Gasteiger partial charge in [0, 0.05) is 35.7 Å². The Bertz CT molecular complexity index is 494. The van der Waals surface area contributed by atoms with Crippen LogP contribution in [0.5, 0.6) is 0 Å². The van der Waals surface area contributed by atoms with Crippen molar-refractivity contribution in [2.24, 2.45) is 5.92 Å². The third-order valence-corrected chi connectivity index (χ3v) is 4.02. The summed E-state index contributed by atoms with van der Waals surface area (Å²) >= 11 is 3.35. The van der Waals surface area contributed by atoms with Crippen LogP contribution < -0.4 is 10.9 Å². The second-order valence-corrected chi connectivity index (χ2v) is 5.92. The van der Waals surface area contributed by atoms with Crippen LogP contribution in [-0.2, 0) is 11.3 Å². The molecule has 4 nitrogen and oxygen atoms in total. The summed E-state index contributed by atoms with van der Waals surface area (Å²) < 4.78 is 2.60. The van der Waals surface area contributed by atoms with Gasteiger partial charge in [-0.2, -0.15) is 0 Å². The van der Waals surface area contributed by atoms with Crippen molar-refractivity contribution in [1.29, 1.82) is 0 Å². The van der Waals surface area contributed by atoms with Crippen LogP contribution in [0.25, 0.3) is 0 Å². The van der Waals surface area contributed by atoms with Gasteiger partial charge in [0.1, 0.15) is 0 Å². The molecular weight excluding hydrogens is 308 g/mol. The Balaban J connectivity index is 1.65. The van der Waals surface area contributed by atoms with E-state index in [0.717, 1.165) is 30.2 Å². The molecule has 5 heteroatoms. The highest BCUT2D eigenvalue weighted by atomic mass is 79.9. The molecule has 1 fully saturated rings. The van der Waals surface area contributed by atoms with E-state index in [0.29, 0.717) is 13.1 Å². The molecular formula is C14H19BrN2O2. The molecule has 1 aliphatic rings. The average Bonchev–Trinajstić information content (AvgIpc) is 2.31. The smallest absolute Gasteiger partial charge is 0.250 e. The molecule has 104 valence electrons. The molecule has 0 aromatic carbocycles. The predicted molar refractivity (Wildman–Crippen MR) is 78.0 cm³/mol. The van der Waals surface area contributed by atoms with Crippen LogP contribution in [0.2, 0.25) is 0 Å². The maximum Gasteiger partial charge on any atom is 0.250 e. The summed E-state index contributed by atoms with van der Waals surface area (Å²) in [6.45, 7) is 1.40. The van der Waals surface area contributed by atoms with E-state index in [1.165, 1.54) is 6.42 Å². The van der Waals surface area contributed by atoms with E-state index in [4.69, 9.17) is 0 Å². The van der Waals surface area contributed by atoms with Gasteiger partial charge in [-0.1, -0.05) is 6.42 Å². The lowest BCUT2D eigenvalue weighted by Crippen LogP contribution is -2.35. The number of carbonyl (C=O) groups is 1. The number of rotatable bonds is 6. The minimum Gasteiger partial charge on any atom is -0.356 e. The van der Waals surface area contributed by atoms with Crippen LogP contribution in [0, 0.1) is 5.92 Å². The third kappa shape index (κ3) is 4.20. The van der Waals surface area contributed by atoms with E-state index in [1.54, 1.807) is 22.9 Å². The number of hydrogen-bond acceptors (Lipinski definition) is 2. The Labute approximate surface area is 121 Å². The topological polar surface area (TPSA) is 51.1 Å². The first-order valence-corrected chi connectivity index (χ1v) is 7.60. The highest BCUT2D eigenvalue weighted by molar-refractivity contribution is 9.10. The standard InChI is InChI=1S/C14H19BrN2O2/c15-12-6-7-13(18)17(10-12)9-2-1-8-16-14(19)11-4-3-5-11/h6-7,10-11H,1-5,8-9H2,(H,16,19). The molecule has 1 amide bonds. The quantitative estimate of drug-likeness (QED) is 0.815. The predicted octanol–water partition coefficient (Wildman–Crippen LogP) is 2.31. The molecule has 0 saturated heterocycles. The number of carbonyl (C=O) groups excluding carboxylic acids is 1. The molecule has 1 heterocycles. The van der Waals surface area contributed by atoms with E-state index in [9.17, 15) is 9.59 Å². The SMILES string of the molecule is O=C(NCCCCn1cc(Br)ccc1=O)C1CCC1. The molecule has 0 bridgehead atoms. The van der Waals surface area contributed by atoms with Crippen molar-refractivity contribution in [2.75, 3.05) is 6.54 Å². The molecule has 1 aromatic heterocycles. The van der Waals surface area contributed by atoms with Crippen LogP contribution in [0.3, 0.4) is 0 Å². The van der Waals surface area contributed by atoms with E-state index in [2.05, 4.69) is 21.2 Å². The first-order valence-electron chi connectivity index (χ1n) is 6.80. The molecule has 0 radical (unpaired) electrons. The molecule has 0 unspecified atom stereocenters. The van der Waals surface area contributed by atoms with Crippen LogP contribution in [0.15, 0.2) is 27.6 Å². The van der Waals surface area contributed by atoms with Crippen molar-refractivity contribution in [3.8, 4) is 0 Å². The largest absolute Gasteiger partial charge is 0.356 e. The van der Waals surface area contributed by atoms with Crippen molar-refractivity contribution >= 4 is 21.8 Å². The number of nitrogens with zero attached hydrogens (tertiary/aromatic N) is 1. The van der Waals surface area contributed by atoms with Crippen molar-refractivity contribution < 1.29 is 4.79 Å². The van der Waals surface area contributed by atoms with Gasteiger partial charge in [-0.15, -0.1) is 0 Å². The fourth-order valence-corrected chi connectivity index (χ4v) is 2.49. The summed E-state index contributed by atoms with van der Waals surface area (Å²) in [6, 6.07) is 3.31. The van der Waals surface area contributed by atoms with Crippen LogP contribution in [0.4, 0.5) is 0 Å². The summed E-state index contributed by atoms with van der Waals surface area (Å²) in [6.07, 6.45) is 6.86. The molecule has 0 aliphatic heterocycles. The highest BCUT2D eigenvalue weighted by Crippen LogP contribution is 2.26. The number of nitrogens with one attached hydrogen (secondary N) is 1. The Morgan fingerprint density at radius 1 is 1.37 bits per heavy atom. The summed E-state index contributed by atoms with van der Waals surface area (Å²) in [5.41, 5.74) is 0.0155. The lowest BCUT2D eigenvalue weighted by Gasteiger charge is -2.23. The minimum absolute atomic E-state index is 0.0155. The Morgan fingerprint density at radius 2 is 2.16 bits per heavy atom. The number of hydrogen-bond donors (Lipinski definition) is 1. The van der Waals surface area contributed by atoms with Crippen molar-refractivity contribution in [3.05, 3.63) is 33.2 Å². The lowest BCUT2D eigenvalue weighted by atomic mass is 9.85. The molecule has 0 spiro atoms. The minimum atomic E-state index is 0.0155. The van der Waals surface area contributed by atoms with E-state index in [-0.39, 0.29) is 17.4 Å². The molecule has 1 saturated carbocycles. The van der Waals surface area contributed by atoms with Gasteiger partial charge in [0.25, 0.3) is 5.56 Å². The second-order valence-electron chi connectivity index (χ2n) is 5.00. The summed E-state index contributed by atoms with van der Waals surface area (Å²) in [5, 5.41) is 2.96. The Morgan fingerprint density at radius 3 is 2.84 bits per heavy atom.